The molecule has 18 heavy (non-hydrogen) atoms. The van der Waals surface area contributed by atoms with Gasteiger partial charge >= 0.3 is 0 Å². The average molecular weight is 251 g/mol. The van der Waals surface area contributed by atoms with E-state index >= 15 is 0 Å². The summed E-state index contributed by atoms with van der Waals surface area (Å²) in [5.74, 6) is 2.44. The predicted octanol–water partition coefficient (Wildman–Crippen LogP) is 3.10. The van der Waals surface area contributed by atoms with E-state index < -0.39 is 0 Å². The summed E-state index contributed by atoms with van der Waals surface area (Å²) in [6.07, 6.45) is 2.53. The first kappa shape index (κ1) is 14.8. The van der Waals surface area contributed by atoms with Gasteiger partial charge in [-0.25, -0.2) is 0 Å². The molecule has 1 heterocycles. The Morgan fingerprint density at radius 1 is 1.17 bits per heavy atom. The van der Waals surface area contributed by atoms with E-state index in [2.05, 4.69) is 5.32 Å². The third kappa shape index (κ3) is 4.96. The number of hydrogen-bond acceptors (Lipinski definition) is 3. The Bertz CT molecular complexity index is 305. The van der Waals surface area contributed by atoms with Gasteiger partial charge in [0.05, 0.1) is 13.7 Å². The van der Waals surface area contributed by atoms with Crippen LogP contribution < -0.4 is 14.8 Å². The maximum Gasteiger partial charge on any atom is 0.119 e. The van der Waals surface area contributed by atoms with Crippen LogP contribution in [0, 0.1) is 5.92 Å². The van der Waals surface area contributed by atoms with Crippen LogP contribution >= 0.6 is 0 Å². The van der Waals surface area contributed by atoms with E-state index in [9.17, 15) is 0 Å². The first-order chi connectivity index (χ1) is 8.88. The lowest BCUT2D eigenvalue weighted by Crippen LogP contribution is -2.33. The molecule has 1 N–H and O–H groups in total. The Labute approximate surface area is 110 Å². The van der Waals surface area contributed by atoms with Crippen molar-refractivity contribution in [1.29, 1.82) is 0 Å². The normalized spacial score (nSPS) is 18.5. The summed E-state index contributed by atoms with van der Waals surface area (Å²) >= 11 is 0. The lowest BCUT2D eigenvalue weighted by Gasteiger charge is -2.22. The van der Waals surface area contributed by atoms with Crippen LogP contribution in [0.1, 0.15) is 26.7 Å². The van der Waals surface area contributed by atoms with E-state index in [1.54, 1.807) is 7.11 Å². The summed E-state index contributed by atoms with van der Waals surface area (Å²) in [4.78, 5) is 0. The van der Waals surface area contributed by atoms with Crippen molar-refractivity contribution in [1.82, 2.24) is 5.32 Å². The van der Waals surface area contributed by atoms with E-state index in [0.29, 0.717) is 5.92 Å². The molecule has 0 amide bonds. The first-order valence-corrected chi connectivity index (χ1v) is 6.86. The molecule has 0 aliphatic carbocycles. The maximum atomic E-state index is 5.75. The predicted molar refractivity (Wildman–Crippen MR) is 75.4 cm³/mol. The summed E-state index contributed by atoms with van der Waals surface area (Å²) in [6.45, 7) is 7.04. The SMILES string of the molecule is CC.COc1ccc(OCC2CCCNC2)cc1. The number of methoxy groups -OCH3 is 1. The van der Waals surface area contributed by atoms with Crippen molar-refractivity contribution in [3.8, 4) is 11.5 Å². The molecule has 1 atom stereocenters. The first-order valence-electron chi connectivity index (χ1n) is 6.86. The highest BCUT2D eigenvalue weighted by Gasteiger charge is 2.13. The smallest absolute Gasteiger partial charge is 0.119 e. The number of piperidine rings is 1. The van der Waals surface area contributed by atoms with Crippen LogP contribution in [-0.4, -0.2) is 26.8 Å². The second-order valence-electron chi connectivity index (χ2n) is 4.20. The molecule has 1 fully saturated rings. The summed E-state index contributed by atoms with van der Waals surface area (Å²) in [5.41, 5.74) is 0. The average Bonchev–Trinajstić information content (AvgIpc) is 2.49. The van der Waals surface area contributed by atoms with Crippen molar-refractivity contribution >= 4 is 0 Å². The third-order valence-electron chi connectivity index (χ3n) is 2.94. The van der Waals surface area contributed by atoms with Crippen molar-refractivity contribution in [3.05, 3.63) is 24.3 Å². The van der Waals surface area contributed by atoms with Gasteiger partial charge in [-0.3, -0.25) is 0 Å². The van der Waals surface area contributed by atoms with Crippen molar-refractivity contribution in [2.75, 3.05) is 26.8 Å². The van der Waals surface area contributed by atoms with Gasteiger partial charge in [-0.1, -0.05) is 13.8 Å². The fraction of sp³-hybridized carbons (Fsp3) is 0.600. The molecule has 2 rings (SSSR count). The van der Waals surface area contributed by atoms with Gasteiger partial charge in [0, 0.05) is 12.5 Å². The second-order valence-corrected chi connectivity index (χ2v) is 4.20. The van der Waals surface area contributed by atoms with Gasteiger partial charge in [-0.05, 0) is 43.7 Å². The standard InChI is InChI=1S/C13H19NO2.C2H6/c1-15-12-4-6-13(7-5-12)16-10-11-3-2-8-14-9-11;1-2/h4-7,11,14H,2-3,8-10H2,1H3;1-2H3. The Hall–Kier alpha value is -1.22. The molecule has 1 aliphatic heterocycles. The third-order valence-corrected chi connectivity index (χ3v) is 2.94. The highest BCUT2D eigenvalue weighted by Crippen LogP contribution is 2.18. The highest BCUT2D eigenvalue weighted by atomic mass is 16.5. The number of ether oxygens (including phenoxy) is 2. The minimum Gasteiger partial charge on any atom is -0.497 e. The summed E-state index contributed by atoms with van der Waals surface area (Å²) in [7, 11) is 1.67. The Kier molecular flexibility index (Phi) is 7.26. The van der Waals surface area contributed by atoms with Gasteiger partial charge in [0.2, 0.25) is 0 Å². The molecule has 3 heteroatoms. The van der Waals surface area contributed by atoms with Gasteiger partial charge in [0.25, 0.3) is 0 Å². The largest absolute Gasteiger partial charge is 0.497 e. The zero-order chi connectivity index (χ0) is 13.2. The number of hydrogen-bond donors (Lipinski definition) is 1. The molecule has 3 nitrogen and oxygen atoms in total. The quantitative estimate of drug-likeness (QED) is 0.892. The molecule has 0 radical (unpaired) electrons. The molecule has 0 saturated carbocycles. The molecular weight excluding hydrogens is 226 g/mol. The summed E-state index contributed by atoms with van der Waals surface area (Å²) in [5, 5.41) is 3.39. The zero-order valence-electron chi connectivity index (χ0n) is 11.7. The fourth-order valence-corrected chi connectivity index (χ4v) is 1.95. The zero-order valence-corrected chi connectivity index (χ0v) is 11.7. The van der Waals surface area contributed by atoms with E-state index in [4.69, 9.17) is 9.47 Å². The van der Waals surface area contributed by atoms with Crippen LogP contribution in [0.3, 0.4) is 0 Å². The molecule has 1 aromatic carbocycles. The molecular formula is C15H25NO2. The molecule has 0 bridgehead atoms. The van der Waals surface area contributed by atoms with Gasteiger partial charge in [-0.2, -0.15) is 0 Å². The van der Waals surface area contributed by atoms with E-state index in [0.717, 1.165) is 31.2 Å². The lowest BCUT2D eigenvalue weighted by molar-refractivity contribution is 0.218. The van der Waals surface area contributed by atoms with Crippen molar-refractivity contribution in [2.24, 2.45) is 5.92 Å². The molecule has 0 aromatic heterocycles. The number of rotatable bonds is 4. The van der Waals surface area contributed by atoms with Crippen molar-refractivity contribution in [3.63, 3.8) is 0 Å². The number of nitrogens with one attached hydrogen (secondary N) is 1. The fourth-order valence-electron chi connectivity index (χ4n) is 1.95. The van der Waals surface area contributed by atoms with Crippen LogP contribution in [0.5, 0.6) is 11.5 Å². The highest BCUT2D eigenvalue weighted by molar-refractivity contribution is 5.31. The molecule has 0 spiro atoms. The van der Waals surface area contributed by atoms with E-state index in [-0.39, 0.29) is 0 Å². The van der Waals surface area contributed by atoms with Crippen LogP contribution in [0.2, 0.25) is 0 Å². The minimum atomic E-state index is 0.649. The monoisotopic (exact) mass is 251 g/mol. The Morgan fingerprint density at radius 3 is 2.39 bits per heavy atom. The summed E-state index contributed by atoms with van der Waals surface area (Å²) < 4.78 is 10.8. The molecule has 1 saturated heterocycles. The van der Waals surface area contributed by atoms with Crippen LogP contribution in [0.15, 0.2) is 24.3 Å². The van der Waals surface area contributed by atoms with Gasteiger partial charge in [0.15, 0.2) is 0 Å². The Morgan fingerprint density at radius 2 is 1.83 bits per heavy atom. The van der Waals surface area contributed by atoms with Gasteiger partial charge < -0.3 is 14.8 Å². The molecule has 1 aliphatic rings. The molecule has 1 aromatic rings. The van der Waals surface area contributed by atoms with E-state index in [1.807, 2.05) is 38.1 Å². The minimum absolute atomic E-state index is 0.649. The van der Waals surface area contributed by atoms with Crippen molar-refractivity contribution < 1.29 is 9.47 Å². The van der Waals surface area contributed by atoms with Crippen LogP contribution in [-0.2, 0) is 0 Å². The lowest BCUT2D eigenvalue weighted by atomic mass is 10.0. The topological polar surface area (TPSA) is 30.5 Å². The van der Waals surface area contributed by atoms with Gasteiger partial charge in [0.1, 0.15) is 11.5 Å². The second kappa shape index (κ2) is 8.81. The van der Waals surface area contributed by atoms with Gasteiger partial charge in [-0.15, -0.1) is 0 Å². The number of benzene rings is 1. The van der Waals surface area contributed by atoms with Crippen molar-refractivity contribution in [2.45, 2.75) is 26.7 Å². The van der Waals surface area contributed by atoms with Crippen LogP contribution in [0.4, 0.5) is 0 Å². The van der Waals surface area contributed by atoms with E-state index in [1.165, 1.54) is 12.8 Å². The maximum absolute atomic E-state index is 5.75. The molecule has 102 valence electrons. The Balaban J connectivity index is 0.000000771. The van der Waals surface area contributed by atoms with Crippen LogP contribution in [0.25, 0.3) is 0 Å². The molecule has 1 unspecified atom stereocenters. The summed E-state index contributed by atoms with van der Waals surface area (Å²) in [6, 6.07) is 7.76.